The third-order valence-corrected chi connectivity index (χ3v) is 2.70. The molecule has 92 valence electrons. The highest BCUT2D eigenvalue weighted by molar-refractivity contribution is 5.81. The van der Waals surface area contributed by atoms with Crippen LogP contribution in [-0.4, -0.2) is 12.3 Å². The first-order valence-electron chi connectivity index (χ1n) is 5.02. The Morgan fingerprint density at radius 3 is 2.29 bits per heavy atom. The molecule has 2 atom stereocenters. The SMILES string of the molecule is NC(=O)C1CC1c1ccc(OC(F)(F)F)cc1. The van der Waals surface area contributed by atoms with Crippen LogP contribution in [0.25, 0.3) is 0 Å². The molecule has 3 nitrogen and oxygen atoms in total. The maximum absolute atomic E-state index is 11.9. The molecule has 2 N–H and O–H groups in total. The molecular formula is C11H10F3NO2. The molecule has 0 aliphatic heterocycles. The molecule has 1 saturated carbocycles. The third kappa shape index (κ3) is 2.89. The van der Waals surface area contributed by atoms with E-state index < -0.39 is 6.36 Å². The topological polar surface area (TPSA) is 52.3 Å². The lowest BCUT2D eigenvalue weighted by molar-refractivity contribution is -0.274. The number of nitrogens with two attached hydrogens (primary N) is 1. The molecule has 0 bridgehead atoms. The molecule has 1 fully saturated rings. The van der Waals surface area contributed by atoms with E-state index >= 15 is 0 Å². The second-order valence-electron chi connectivity index (χ2n) is 3.97. The molecule has 1 aliphatic carbocycles. The fourth-order valence-electron chi connectivity index (χ4n) is 1.79. The van der Waals surface area contributed by atoms with Crippen LogP contribution in [-0.2, 0) is 4.79 Å². The van der Waals surface area contributed by atoms with Crippen LogP contribution in [0.2, 0.25) is 0 Å². The monoisotopic (exact) mass is 245 g/mol. The van der Waals surface area contributed by atoms with Crippen molar-refractivity contribution in [3.8, 4) is 5.75 Å². The Morgan fingerprint density at radius 2 is 1.88 bits per heavy atom. The van der Waals surface area contributed by atoms with Gasteiger partial charge in [-0.1, -0.05) is 12.1 Å². The summed E-state index contributed by atoms with van der Waals surface area (Å²) in [4.78, 5) is 10.8. The van der Waals surface area contributed by atoms with Crippen LogP contribution in [0.3, 0.4) is 0 Å². The molecule has 6 heteroatoms. The van der Waals surface area contributed by atoms with Gasteiger partial charge < -0.3 is 10.5 Å². The summed E-state index contributed by atoms with van der Waals surface area (Å²) in [5, 5.41) is 0. The second kappa shape index (κ2) is 3.94. The van der Waals surface area contributed by atoms with Crippen molar-refractivity contribution in [3.63, 3.8) is 0 Å². The lowest BCUT2D eigenvalue weighted by atomic mass is 10.1. The molecule has 1 aromatic carbocycles. The standard InChI is InChI=1S/C11H10F3NO2/c12-11(13,14)17-7-3-1-6(2-4-7)8-5-9(8)10(15)16/h1-4,8-9H,5H2,(H2,15,16). The number of hydrogen-bond donors (Lipinski definition) is 1. The van der Waals surface area contributed by atoms with Gasteiger partial charge in [0.15, 0.2) is 0 Å². The Labute approximate surface area is 95.4 Å². The van der Waals surface area contributed by atoms with Gasteiger partial charge in [-0.15, -0.1) is 13.2 Å². The van der Waals surface area contributed by atoms with Crippen LogP contribution in [0.15, 0.2) is 24.3 Å². The number of amides is 1. The number of carbonyl (C=O) groups excluding carboxylic acids is 1. The summed E-state index contributed by atoms with van der Waals surface area (Å²) in [6.45, 7) is 0. The Morgan fingerprint density at radius 1 is 1.29 bits per heavy atom. The average Bonchev–Trinajstić information content (AvgIpc) is 2.96. The summed E-state index contributed by atoms with van der Waals surface area (Å²) in [5.41, 5.74) is 5.93. The van der Waals surface area contributed by atoms with Crippen molar-refractivity contribution in [2.75, 3.05) is 0 Å². The number of primary amides is 1. The highest BCUT2D eigenvalue weighted by atomic mass is 19.4. The van der Waals surface area contributed by atoms with E-state index in [1.165, 1.54) is 24.3 Å². The minimum Gasteiger partial charge on any atom is -0.406 e. The van der Waals surface area contributed by atoms with Gasteiger partial charge in [0.05, 0.1) is 0 Å². The van der Waals surface area contributed by atoms with E-state index in [0.29, 0.717) is 6.42 Å². The number of benzene rings is 1. The molecule has 0 radical (unpaired) electrons. The zero-order valence-electron chi connectivity index (χ0n) is 8.70. The molecule has 0 saturated heterocycles. The van der Waals surface area contributed by atoms with Crippen LogP contribution in [0.1, 0.15) is 17.9 Å². The number of ether oxygens (including phenoxy) is 1. The molecular weight excluding hydrogens is 235 g/mol. The summed E-state index contributed by atoms with van der Waals surface area (Å²) < 4.78 is 39.4. The van der Waals surface area contributed by atoms with E-state index in [9.17, 15) is 18.0 Å². The van der Waals surface area contributed by atoms with Crippen LogP contribution in [0, 0.1) is 5.92 Å². The van der Waals surface area contributed by atoms with E-state index in [1.54, 1.807) is 0 Å². The average molecular weight is 245 g/mol. The Kier molecular flexibility index (Phi) is 2.73. The van der Waals surface area contributed by atoms with Gasteiger partial charge >= 0.3 is 6.36 Å². The molecule has 17 heavy (non-hydrogen) atoms. The van der Waals surface area contributed by atoms with E-state index in [1.807, 2.05) is 0 Å². The van der Waals surface area contributed by atoms with Crippen LogP contribution in [0.4, 0.5) is 13.2 Å². The molecule has 2 rings (SSSR count). The largest absolute Gasteiger partial charge is 0.573 e. The molecule has 0 spiro atoms. The van der Waals surface area contributed by atoms with E-state index in [-0.39, 0.29) is 23.5 Å². The van der Waals surface area contributed by atoms with Crippen molar-refractivity contribution in [3.05, 3.63) is 29.8 Å². The van der Waals surface area contributed by atoms with E-state index in [4.69, 9.17) is 5.73 Å². The number of rotatable bonds is 3. The zero-order valence-corrected chi connectivity index (χ0v) is 8.70. The van der Waals surface area contributed by atoms with Crippen molar-refractivity contribution in [1.29, 1.82) is 0 Å². The van der Waals surface area contributed by atoms with Gasteiger partial charge in [-0.05, 0) is 30.0 Å². The molecule has 2 unspecified atom stereocenters. The quantitative estimate of drug-likeness (QED) is 0.887. The van der Waals surface area contributed by atoms with Crippen molar-refractivity contribution in [1.82, 2.24) is 0 Å². The highest BCUT2D eigenvalue weighted by Gasteiger charge is 2.42. The smallest absolute Gasteiger partial charge is 0.406 e. The molecule has 1 aromatic rings. The summed E-state index contributed by atoms with van der Waals surface area (Å²) in [7, 11) is 0. The van der Waals surface area contributed by atoms with Gasteiger partial charge in [-0.3, -0.25) is 4.79 Å². The minimum atomic E-state index is -4.68. The first kappa shape index (κ1) is 11.8. The van der Waals surface area contributed by atoms with Crippen LogP contribution in [0.5, 0.6) is 5.75 Å². The number of halogens is 3. The third-order valence-electron chi connectivity index (χ3n) is 2.70. The van der Waals surface area contributed by atoms with Crippen molar-refractivity contribution >= 4 is 5.91 Å². The Balaban J connectivity index is 2.02. The predicted octanol–water partition coefficient (Wildman–Crippen LogP) is 2.17. The minimum absolute atomic E-state index is 0.0347. The van der Waals surface area contributed by atoms with Crippen molar-refractivity contribution in [2.24, 2.45) is 11.7 Å². The first-order valence-corrected chi connectivity index (χ1v) is 5.02. The summed E-state index contributed by atoms with van der Waals surface area (Å²) in [5.74, 6) is -0.792. The van der Waals surface area contributed by atoms with Crippen molar-refractivity contribution in [2.45, 2.75) is 18.7 Å². The fraction of sp³-hybridized carbons (Fsp3) is 0.364. The first-order chi connectivity index (χ1) is 7.87. The summed E-state index contributed by atoms with van der Waals surface area (Å²) in [6, 6.07) is 5.52. The second-order valence-corrected chi connectivity index (χ2v) is 3.97. The van der Waals surface area contributed by atoms with Gasteiger partial charge in [-0.2, -0.15) is 0 Å². The van der Waals surface area contributed by atoms with Gasteiger partial charge in [-0.25, -0.2) is 0 Å². The molecule has 0 heterocycles. The van der Waals surface area contributed by atoms with Gasteiger partial charge in [0.2, 0.25) is 5.91 Å². The highest BCUT2D eigenvalue weighted by Crippen LogP contribution is 2.47. The maximum Gasteiger partial charge on any atom is 0.573 e. The maximum atomic E-state index is 11.9. The van der Waals surface area contributed by atoms with Gasteiger partial charge in [0, 0.05) is 5.92 Å². The van der Waals surface area contributed by atoms with Crippen LogP contribution >= 0.6 is 0 Å². The van der Waals surface area contributed by atoms with Gasteiger partial charge in [0.1, 0.15) is 5.75 Å². The normalized spacial score (nSPS) is 23.2. The Hall–Kier alpha value is -1.72. The number of carbonyl (C=O) groups is 1. The number of hydrogen-bond acceptors (Lipinski definition) is 2. The van der Waals surface area contributed by atoms with Crippen LogP contribution < -0.4 is 10.5 Å². The molecule has 1 amide bonds. The number of alkyl halides is 3. The molecule has 1 aliphatic rings. The predicted molar refractivity (Wildman–Crippen MR) is 53.2 cm³/mol. The zero-order chi connectivity index (χ0) is 12.6. The van der Waals surface area contributed by atoms with E-state index in [0.717, 1.165) is 5.56 Å². The fourth-order valence-corrected chi connectivity index (χ4v) is 1.79. The lowest BCUT2D eigenvalue weighted by Crippen LogP contribution is -2.17. The lowest BCUT2D eigenvalue weighted by Gasteiger charge is -2.09. The Bertz CT molecular complexity index is 427. The molecule has 0 aromatic heterocycles. The van der Waals surface area contributed by atoms with Crippen molar-refractivity contribution < 1.29 is 22.7 Å². The van der Waals surface area contributed by atoms with E-state index in [2.05, 4.69) is 4.74 Å². The summed E-state index contributed by atoms with van der Waals surface area (Å²) >= 11 is 0. The summed E-state index contributed by atoms with van der Waals surface area (Å²) in [6.07, 6.45) is -4.02. The van der Waals surface area contributed by atoms with Gasteiger partial charge in [0.25, 0.3) is 0 Å².